The van der Waals surface area contributed by atoms with Crippen molar-refractivity contribution in [2.24, 2.45) is 17.3 Å². The van der Waals surface area contributed by atoms with Gasteiger partial charge in [-0.1, -0.05) is 34.1 Å². The molecule has 0 amide bonds. The molecule has 0 fully saturated rings. The molecule has 0 saturated heterocycles. The van der Waals surface area contributed by atoms with Gasteiger partial charge in [0.05, 0.1) is 5.41 Å². The Morgan fingerprint density at radius 3 is 1.96 bits per heavy atom. The Morgan fingerprint density at radius 1 is 1.12 bits per heavy atom. The lowest BCUT2D eigenvalue weighted by atomic mass is 9.71. The van der Waals surface area contributed by atoms with Crippen molar-refractivity contribution < 1.29 is 40.8 Å². The largest absolute Gasteiger partial charge is 0.465 e. The maximum atomic E-state index is 13.0. The van der Waals surface area contributed by atoms with E-state index in [1.165, 1.54) is 0 Å². The molecule has 1 N–H and O–H groups in total. The third kappa shape index (κ3) is 5.37. The van der Waals surface area contributed by atoms with Crippen LogP contribution in [-0.2, 0) is 29.2 Å². The van der Waals surface area contributed by atoms with E-state index < -0.39 is 39.5 Å². The molecular weight excluding hydrogens is 350 g/mol. The van der Waals surface area contributed by atoms with E-state index in [4.69, 9.17) is 9.29 Å². The number of alkyl halides is 2. The first-order valence-corrected chi connectivity index (χ1v) is 8.83. The highest BCUT2D eigenvalue weighted by Gasteiger charge is 2.54. The van der Waals surface area contributed by atoms with Crippen LogP contribution in [0.1, 0.15) is 47.5 Å². The zero-order valence-corrected chi connectivity index (χ0v) is 15.2. The smallest absolute Gasteiger partial charge is 0.427 e. The van der Waals surface area contributed by atoms with Gasteiger partial charge in [-0.15, -0.1) is 0 Å². The Hall–Kier alpha value is -1.29. The Balaban J connectivity index is 4.91. The lowest BCUT2D eigenvalue weighted by Crippen LogP contribution is -2.41. The SMILES string of the molecule is CCC(C)C(C)(CC(C)C)C(=O)OCOC(=O)C(F)(F)S(=O)(=O)O. The lowest BCUT2D eigenvalue weighted by Gasteiger charge is -2.34. The zero-order chi connectivity index (χ0) is 19.3. The highest BCUT2D eigenvalue weighted by Crippen LogP contribution is 2.37. The van der Waals surface area contributed by atoms with E-state index in [9.17, 15) is 26.8 Å². The van der Waals surface area contributed by atoms with Crippen LogP contribution in [0.15, 0.2) is 0 Å². The van der Waals surface area contributed by atoms with E-state index in [1.54, 1.807) is 6.92 Å². The van der Waals surface area contributed by atoms with Crippen molar-refractivity contribution in [1.82, 2.24) is 0 Å². The van der Waals surface area contributed by atoms with Crippen LogP contribution in [0.2, 0.25) is 0 Å². The number of hydrogen-bond donors (Lipinski definition) is 1. The fourth-order valence-corrected chi connectivity index (χ4v) is 2.54. The summed E-state index contributed by atoms with van der Waals surface area (Å²) in [7, 11) is -5.96. The molecule has 7 nitrogen and oxygen atoms in total. The van der Waals surface area contributed by atoms with Crippen LogP contribution in [0.5, 0.6) is 0 Å². The second kappa shape index (κ2) is 8.19. The molecule has 0 aliphatic carbocycles. The Bertz CT molecular complexity index is 559. The molecule has 142 valence electrons. The van der Waals surface area contributed by atoms with Crippen LogP contribution in [0, 0.1) is 17.3 Å². The Morgan fingerprint density at radius 2 is 1.58 bits per heavy atom. The van der Waals surface area contributed by atoms with Gasteiger partial charge in [0, 0.05) is 0 Å². The molecule has 0 rings (SSSR count). The molecule has 24 heavy (non-hydrogen) atoms. The second-order valence-corrected chi connectivity index (χ2v) is 7.76. The summed E-state index contributed by atoms with van der Waals surface area (Å²) < 4.78 is 63.7. The maximum absolute atomic E-state index is 13.0. The summed E-state index contributed by atoms with van der Waals surface area (Å²) >= 11 is 0. The van der Waals surface area contributed by atoms with Gasteiger partial charge in [0.25, 0.3) is 0 Å². The summed E-state index contributed by atoms with van der Waals surface area (Å²) in [6, 6.07) is 0. The fourth-order valence-electron chi connectivity index (χ4n) is 2.27. The third-order valence-corrected chi connectivity index (χ3v) is 4.75. The topological polar surface area (TPSA) is 107 Å². The van der Waals surface area contributed by atoms with Gasteiger partial charge in [-0.05, 0) is 25.2 Å². The van der Waals surface area contributed by atoms with Crippen LogP contribution in [-0.4, -0.2) is 37.0 Å². The Kier molecular flexibility index (Phi) is 7.75. The number of carbonyl (C=O) groups excluding carboxylic acids is 2. The molecule has 2 atom stereocenters. The summed E-state index contributed by atoms with van der Waals surface area (Å²) in [4.78, 5) is 23.3. The Labute approximate surface area is 140 Å². The van der Waals surface area contributed by atoms with E-state index >= 15 is 0 Å². The number of halogens is 2. The second-order valence-electron chi connectivity index (χ2n) is 6.30. The van der Waals surface area contributed by atoms with Crippen molar-refractivity contribution in [3.8, 4) is 0 Å². The number of carbonyl (C=O) groups is 2. The number of esters is 2. The third-order valence-electron chi connectivity index (χ3n) is 3.94. The zero-order valence-electron chi connectivity index (χ0n) is 14.3. The molecule has 0 spiro atoms. The van der Waals surface area contributed by atoms with Crippen molar-refractivity contribution >= 4 is 22.1 Å². The predicted molar refractivity (Wildman–Crippen MR) is 80.6 cm³/mol. The first-order valence-electron chi connectivity index (χ1n) is 7.39. The van der Waals surface area contributed by atoms with Gasteiger partial charge in [0.2, 0.25) is 6.79 Å². The molecule has 0 aliphatic rings. The summed E-state index contributed by atoms with van der Waals surface area (Å²) in [5.41, 5.74) is -0.916. The van der Waals surface area contributed by atoms with E-state index in [-0.39, 0.29) is 11.8 Å². The van der Waals surface area contributed by atoms with Crippen molar-refractivity contribution in [1.29, 1.82) is 0 Å². The van der Waals surface area contributed by atoms with Crippen LogP contribution in [0.3, 0.4) is 0 Å². The molecule has 10 heteroatoms. The minimum atomic E-state index is -5.96. The van der Waals surface area contributed by atoms with Crippen molar-refractivity contribution in [3.63, 3.8) is 0 Å². The first-order chi connectivity index (χ1) is 10.7. The minimum Gasteiger partial charge on any atom is -0.427 e. The van der Waals surface area contributed by atoms with Crippen molar-refractivity contribution in [3.05, 3.63) is 0 Å². The molecule has 0 heterocycles. The maximum Gasteiger partial charge on any atom is 0.465 e. The lowest BCUT2D eigenvalue weighted by molar-refractivity contribution is -0.185. The standard InChI is InChI=1S/C14H24F2O7S/c1-6-10(4)13(5,7-9(2)3)11(17)22-8-23-12(18)14(15,16)24(19,20)21/h9-10H,6-8H2,1-5H3,(H,19,20,21). The quantitative estimate of drug-likeness (QED) is 0.375. The molecule has 0 saturated carbocycles. The van der Waals surface area contributed by atoms with Crippen LogP contribution >= 0.6 is 0 Å². The van der Waals surface area contributed by atoms with Gasteiger partial charge in [0.15, 0.2) is 0 Å². The number of rotatable bonds is 9. The molecule has 2 unspecified atom stereocenters. The molecule has 0 aromatic carbocycles. The predicted octanol–water partition coefficient (Wildman–Crippen LogP) is 2.61. The van der Waals surface area contributed by atoms with Gasteiger partial charge >= 0.3 is 27.3 Å². The highest BCUT2D eigenvalue weighted by molar-refractivity contribution is 7.87. The van der Waals surface area contributed by atoms with Gasteiger partial charge in [-0.2, -0.15) is 17.2 Å². The first kappa shape index (κ1) is 22.7. The van der Waals surface area contributed by atoms with Gasteiger partial charge in [-0.25, -0.2) is 4.79 Å². The van der Waals surface area contributed by atoms with Crippen LogP contribution < -0.4 is 0 Å². The van der Waals surface area contributed by atoms with E-state index in [2.05, 4.69) is 4.74 Å². The monoisotopic (exact) mass is 374 g/mol. The number of hydrogen-bond acceptors (Lipinski definition) is 6. The van der Waals surface area contributed by atoms with Crippen LogP contribution in [0.25, 0.3) is 0 Å². The normalized spacial score (nSPS) is 16.4. The van der Waals surface area contributed by atoms with E-state index in [1.807, 2.05) is 27.7 Å². The summed E-state index contributed by atoms with van der Waals surface area (Å²) in [5, 5.41) is -5.13. The van der Waals surface area contributed by atoms with Gasteiger partial charge < -0.3 is 9.47 Å². The summed E-state index contributed by atoms with van der Waals surface area (Å²) in [6.45, 7) is 8.01. The molecular formula is C14H24F2O7S. The van der Waals surface area contributed by atoms with Crippen molar-refractivity contribution in [2.45, 2.75) is 52.7 Å². The molecule has 0 aliphatic heterocycles. The van der Waals surface area contributed by atoms with E-state index in [0.29, 0.717) is 12.8 Å². The average molecular weight is 374 g/mol. The average Bonchev–Trinajstić information content (AvgIpc) is 2.43. The van der Waals surface area contributed by atoms with Crippen LogP contribution in [0.4, 0.5) is 8.78 Å². The fraction of sp³-hybridized carbons (Fsp3) is 0.857. The molecule has 0 bridgehead atoms. The molecule has 0 aromatic rings. The summed E-state index contributed by atoms with van der Waals surface area (Å²) in [6.07, 6.45) is 1.13. The summed E-state index contributed by atoms with van der Waals surface area (Å²) in [5.74, 6) is -3.19. The minimum absolute atomic E-state index is 0.0811. The molecule has 0 aromatic heterocycles. The molecule has 0 radical (unpaired) electrons. The van der Waals surface area contributed by atoms with Gasteiger partial charge in [0.1, 0.15) is 0 Å². The van der Waals surface area contributed by atoms with Crippen molar-refractivity contribution in [2.75, 3.05) is 6.79 Å². The number of ether oxygens (including phenoxy) is 2. The highest BCUT2D eigenvalue weighted by atomic mass is 32.2. The van der Waals surface area contributed by atoms with Gasteiger partial charge in [-0.3, -0.25) is 9.35 Å². The van der Waals surface area contributed by atoms with E-state index in [0.717, 1.165) is 0 Å².